The van der Waals surface area contributed by atoms with Gasteiger partial charge in [0.15, 0.2) is 0 Å². The number of hydrogen-bond donors (Lipinski definition) is 2. The smallest absolute Gasteiger partial charge is 0.307 e. The molecule has 21 heavy (non-hydrogen) atoms. The number of nitrogens with zero attached hydrogens (tertiary/aromatic N) is 2. The van der Waals surface area contributed by atoms with Crippen LogP contribution in [0.15, 0.2) is 0 Å². The minimum atomic E-state index is -3.82. The predicted octanol–water partition coefficient (Wildman–Crippen LogP) is -1.61. The van der Waals surface area contributed by atoms with Crippen LogP contribution in [0.3, 0.4) is 0 Å². The van der Waals surface area contributed by atoms with E-state index in [1.54, 1.807) is 0 Å². The van der Waals surface area contributed by atoms with E-state index in [0.717, 1.165) is 4.31 Å². The van der Waals surface area contributed by atoms with Crippen LogP contribution in [0.25, 0.3) is 0 Å². The second kappa shape index (κ2) is 5.80. The Hall–Kier alpha value is -0.750. The Morgan fingerprint density at radius 2 is 1.52 bits per heavy atom. The molecule has 1 heterocycles. The highest BCUT2D eigenvalue weighted by Gasteiger charge is 2.45. The van der Waals surface area contributed by atoms with E-state index in [0.29, 0.717) is 19.3 Å². The maximum atomic E-state index is 12.5. The number of carbonyl (C=O) groups is 1. The largest absolute Gasteiger partial charge is 0.481 e. The fourth-order valence-corrected chi connectivity index (χ4v) is 5.79. The van der Waals surface area contributed by atoms with Crippen LogP contribution in [-0.2, 0) is 25.0 Å². The fourth-order valence-electron chi connectivity index (χ4n) is 2.94. The summed E-state index contributed by atoms with van der Waals surface area (Å²) in [6.07, 6.45) is 1.25. The van der Waals surface area contributed by atoms with E-state index in [1.807, 2.05) is 0 Å². The summed E-state index contributed by atoms with van der Waals surface area (Å²) in [5, 5.41) is 13.2. The Morgan fingerprint density at radius 1 is 1.00 bits per heavy atom. The molecule has 1 aliphatic heterocycles. The highest BCUT2D eigenvalue weighted by molar-refractivity contribution is 7.89. The van der Waals surface area contributed by atoms with E-state index in [9.17, 15) is 21.6 Å². The van der Waals surface area contributed by atoms with Gasteiger partial charge < -0.3 is 5.11 Å². The van der Waals surface area contributed by atoms with E-state index in [2.05, 4.69) is 0 Å². The molecule has 2 atom stereocenters. The average molecular weight is 341 g/mol. The molecule has 0 radical (unpaired) electrons. The SMILES string of the molecule is NS(=O)(=O)N1CCN(S(=O)(=O)C2CCCC2C(=O)O)CC1. The monoisotopic (exact) mass is 341 g/mol. The molecule has 3 N–H and O–H groups in total. The van der Waals surface area contributed by atoms with Crippen LogP contribution in [0, 0.1) is 5.92 Å². The maximum absolute atomic E-state index is 12.5. The van der Waals surface area contributed by atoms with Crippen LogP contribution in [0.4, 0.5) is 0 Å². The van der Waals surface area contributed by atoms with Crippen molar-refractivity contribution in [2.24, 2.45) is 11.1 Å². The second-order valence-corrected chi connectivity index (χ2v) is 9.00. The van der Waals surface area contributed by atoms with E-state index in [4.69, 9.17) is 10.2 Å². The summed E-state index contributed by atoms with van der Waals surface area (Å²) in [5.74, 6) is -1.98. The van der Waals surface area contributed by atoms with Crippen molar-refractivity contribution in [1.29, 1.82) is 0 Å². The Kier molecular flexibility index (Phi) is 4.59. The van der Waals surface area contributed by atoms with Crippen LogP contribution in [-0.4, -0.2) is 68.0 Å². The quantitative estimate of drug-likeness (QED) is 0.631. The van der Waals surface area contributed by atoms with Crippen LogP contribution < -0.4 is 5.14 Å². The van der Waals surface area contributed by atoms with Crippen molar-refractivity contribution < 1.29 is 26.7 Å². The van der Waals surface area contributed by atoms with Gasteiger partial charge in [-0.15, -0.1) is 0 Å². The zero-order chi connectivity index (χ0) is 15.8. The van der Waals surface area contributed by atoms with Crippen molar-refractivity contribution in [3.63, 3.8) is 0 Å². The highest BCUT2D eigenvalue weighted by Crippen LogP contribution is 2.33. The summed E-state index contributed by atoms with van der Waals surface area (Å²) < 4.78 is 49.6. The number of sulfonamides is 1. The Balaban J connectivity index is 2.10. The summed E-state index contributed by atoms with van der Waals surface area (Å²) in [4.78, 5) is 11.1. The van der Waals surface area contributed by atoms with E-state index in [1.165, 1.54) is 4.31 Å². The number of carboxylic acid groups (broad SMARTS) is 1. The van der Waals surface area contributed by atoms with Gasteiger partial charge in [-0.3, -0.25) is 4.79 Å². The van der Waals surface area contributed by atoms with Crippen molar-refractivity contribution >= 4 is 26.2 Å². The number of piperazine rings is 1. The van der Waals surface area contributed by atoms with Crippen LogP contribution in [0.5, 0.6) is 0 Å². The molecule has 0 aromatic rings. The number of nitrogens with two attached hydrogens (primary N) is 1. The van der Waals surface area contributed by atoms with Gasteiger partial charge in [0.2, 0.25) is 10.0 Å². The Bertz CT molecular complexity index is 609. The molecule has 2 rings (SSSR count). The second-order valence-electron chi connectivity index (χ2n) is 5.30. The van der Waals surface area contributed by atoms with Crippen molar-refractivity contribution in [1.82, 2.24) is 8.61 Å². The molecule has 0 spiro atoms. The lowest BCUT2D eigenvalue weighted by Crippen LogP contribution is -2.54. The molecule has 1 saturated heterocycles. The molecular formula is C10H19N3O6S2. The Labute approximate surface area is 123 Å². The lowest BCUT2D eigenvalue weighted by Gasteiger charge is -2.34. The lowest BCUT2D eigenvalue weighted by atomic mass is 10.1. The van der Waals surface area contributed by atoms with Gasteiger partial charge in [0.1, 0.15) is 0 Å². The van der Waals surface area contributed by atoms with Gasteiger partial charge in [0.25, 0.3) is 10.2 Å². The fraction of sp³-hybridized carbons (Fsp3) is 0.900. The normalized spacial score (nSPS) is 29.6. The van der Waals surface area contributed by atoms with Crippen LogP contribution >= 0.6 is 0 Å². The van der Waals surface area contributed by atoms with Crippen molar-refractivity contribution in [3.05, 3.63) is 0 Å². The topological polar surface area (TPSA) is 138 Å². The zero-order valence-corrected chi connectivity index (χ0v) is 13.0. The highest BCUT2D eigenvalue weighted by atomic mass is 32.2. The molecule has 11 heteroatoms. The molecule has 2 aliphatic rings. The molecular weight excluding hydrogens is 322 g/mol. The Morgan fingerprint density at radius 3 is 2.00 bits per heavy atom. The van der Waals surface area contributed by atoms with Crippen molar-refractivity contribution in [2.45, 2.75) is 24.5 Å². The summed E-state index contributed by atoms with van der Waals surface area (Å²) in [7, 11) is -7.55. The summed E-state index contributed by atoms with van der Waals surface area (Å²) >= 11 is 0. The number of rotatable bonds is 4. The van der Waals surface area contributed by atoms with Crippen molar-refractivity contribution in [2.75, 3.05) is 26.2 Å². The van der Waals surface area contributed by atoms with E-state index in [-0.39, 0.29) is 26.2 Å². The molecule has 122 valence electrons. The van der Waals surface area contributed by atoms with Crippen molar-refractivity contribution in [3.8, 4) is 0 Å². The third-order valence-corrected chi connectivity index (χ3v) is 7.57. The standard InChI is InChI=1S/C10H19N3O6S2/c11-21(18,19)13-6-4-12(5-7-13)20(16,17)9-3-1-2-8(9)10(14)15/h8-9H,1-7H2,(H,14,15)(H2,11,18,19). The first-order chi connectivity index (χ1) is 9.64. The van der Waals surface area contributed by atoms with Gasteiger partial charge in [-0.25, -0.2) is 13.6 Å². The first kappa shape index (κ1) is 16.6. The van der Waals surface area contributed by atoms with E-state index < -0.39 is 37.4 Å². The summed E-state index contributed by atoms with van der Waals surface area (Å²) in [6.45, 7) is -0.0196. The first-order valence-corrected chi connectivity index (χ1v) is 9.64. The number of carboxylic acids is 1. The third kappa shape index (κ3) is 3.37. The molecule has 2 fully saturated rings. The molecule has 0 aromatic carbocycles. The minimum absolute atomic E-state index is 0.00159. The third-order valence-electron chi connectivity index (χ3n) is 4.07. The number of hydrogen-bond acceptors (Lipinski definition) is 5. The molecule has 2 unspecified atom stereocenters. The average Bonchev–Trinajstić information content (AvgIpc) is 2.88. The molecule has 1 aliphatic carbocycles. The molecule has 0 bridgehead atoms. The first-order valence-electron chi connectivity index (χ1n) is 6.63. The molecule has 0 amide bonds. The van der Waals surface area contributed by atoms with Gasteiger partial charge in [0, 0.05) is 26.2 Å². The van der Waals surface area contributed by atoms with Gasteiger partial charge in [-0.05, 0) is 12.8 Å². The van der Waals surface area contributed by atoms with Crippen LogP contribution in [0.1, 0.15) is 19.3 Å². The minimum Gasteiger partial charge on any atom is -0.481 e. The summed E-state index contributed by atoms with van der Waals surface area (Å²) in [5.41, 5.74) is 0. The summed E-state index contributed by atoms with van der Waals surface area (Å²) in [6, 6.07) is 0. The predicted molar refractivity (Wildman–Crippen MR) is 73.9 cm³/mol. The molecule has 1 saturated carbocycles. The molecule has 9 nitrogen and oxygen atoms in total. The van der Waals surface area contributed by atoms with Gasteiger partial charge in [0.05, 0.1) is 11.2 Å². The van der Waals surface area contributed by atoms with Crippen LogP contribution in [0.2, 0.25) is 0 Å². The lowest BCUT2D eigenvalue weighted by molar-refractivity contribution is -0.141. The van der Waals surface area contributed by atoms with Gasteiger partial charge in [-0.2, -0.15) is 17.0 Å². The van der Waals surface area contributed by atoms with E-state index >= 15 is 0 Å². The molecule has 0 aromatic heterocycles. The maximum Gasteiger partial charge on any atom is 0.307 e. The van der Waals surface area contributed by atoms with Gasteiger partial charge in [-0.1, -0.05) is 6.42 Å². The zero-order valence-electron chi connectivity index (χ0n) is 11.4. The number of aliphatic carboxylic acids is 1. The van der Waals surface area contributed by atoms with Gasteiger partial charge >= 0.3 is 5.97 Å².